The highest BCUT2D eigenvalue weighted by Crippen LogP contribution is 2.39. The number of nitrogens with two attached hydrogens (primary N) is 1. The first-order valence-electron chi connectivity index (χ1n) is 5.28. The van der Waals surface area contributed by atoms with Crippen LogP contribution >= 0.6 is 27.3 Å². The summed E-state index contributed by atoms with van der Waals surface area (Å²) in [6.07, 6.45) is 6.91. The fraction of sp³-hybridized carbons (Fsp3) is 0.636. The van der Waals surface area contributed by atoms with Crippen molar-refractivity contribution < 1.29 is 0 Å². The van der Waals surface area contributed by atoms with Crippen LogP contribution in [0.2, 0.25) is 0 Å². The van der Waals surface area contributed by atoms with Crippen LogP contribution in [-0.2, 0) is 6.54 Å². The highest BCUT2D eigenvalue weighted by molar-refractivity contribution is 9.11. The van der Waals surface area contributed by atoms with Crippen molar-refractivity contribution in [3.8, 4) is 0 Å². The first kappa shape index (κ1) is 10.7. The summed E-state index contributed by atoms with van der Waals surface area (Å²) in [6, 6.07) is 0. The van der Waals surface area contributed by atoms with E-state index in [1.807, 2.05) is 0 Å². The average molecular weight is 274 g/mol. The van der Waals surface area contributed by atoms with Crippen LogP contribution in [0.1, 0.15) is 49.1 Å². The van der Waals surface area contributed by atoms with Crippen molar-refractivity contribution in [2.75, 3.05) is 0 Å². The first-order valence-corrected chi connectivity index (χ1v) is 6.96. The van der Waals surface area contributed by atoms with Gasteiger partial charge in [-0.15, -0.1) is 11.3 Å². The molecule has 3 heteroatoms. The summed E-state index contributed by atoms with van der Waals surface area (Å²) in [5, 5.41) is 2.29. The molecule has 1 fully saturated rings. The summed E-state index contributed by atoms with van der Waals surface area (Å²) in [5.74, 6) is 0.782. The minimum absolute atomic E-state index is 0.677. The molecule has 1 aromatic rings. The van der Waals surface area contributed by atoms with Crippen molar-refractivity contribution in [1.29, 1.82) is 0 Å². The summed E-state index contributed by atoms with van der Waals surface area (Å²) in [7, 11) is 0. The molecule has 2 rings (SSSR count). The second-order valence-corrected chi connectivity index (χ2v) is 6.18. The number of hydrogen-bond acceptors (Lipinski definition) is 2. The predicted octanol–water partition coefficient (Wildman–Crippen LogP) is 4.02. The van der Waals surface area contributed by atoms with Crippen LogP contribution in [0.15, 0.2) is 9.17 Å². The van der Waals surface area contributed by atoms with E-state index in [1.54, 1.807) is 11.3 Å². The van der Waals surface area contributed by atoms with Gasteiger partial charge in [0.1, 0.15) is 0 Å². The Hall–Kier alpha value is 0.140. The molecule has 78 valence electrons. The van der Waals surface area contributed by atoms with Gasteiger partial charge < -0.3 is 5.73 Å². The van der Waals surface area contributed by atoms with Gasteiger partial charge in [-0.1, -0.05) is 19.3 Å². The van der Waals surface area contributed by atoms with Crippen LogP contribution in [-0.4, -0.2) is 0 Å². The maximum atomic E-state index is 5.78. The van der Waals surface area contributed by atoms with E-state index in [9.17, 15) is 0 Å². The molecular weight excluding hydrogens is 258 g/mol. The lowest BCUT2D eigenvalue weighted by Gasteiger charge is -2.22. The van der Waals surface area contributed by atoms with Crippen molar-refractivity contribution in [3.63, 3.8) is 0 Å². The van der Waals surface area contributed by atoms with Gasteiger partial charge in [-0.25, -0.2) is 0 Å². The molecule has 14 heavy (non-hydrogen) atoms. The Kier molecular flexibility index (Phi) is 3.63. The van der Waals surface area contributed by atoms with Gasteiger partial charge in [-0.2, -0.15) is 0 Å². The highest BCUT2D eigenvalue weighted by atomic mass is 79.9. The van der Waals surface area contributed by atoms with E-state index in [2.05, 4.69) is 21.3 Å². The van der Waals surface area contributed by atoms with Gasteiger partial charge in [0.25, 0.3) is 0 Å². The quantitative estimate of drug-likeness (QED) is 0.866. The van der Waals surface area contributed by atoms with Crippen LogP contribution in [0.4, 0.5) is 0 Å². The summed E-state index contributed by atoms with van der Waals surface area (Å²) in [6.45, 7) is 0.677. The van der Waals surface area contributed by atoms with Crippen molar-refractivity contribution >= 4 is 27.3 Å². The van der Waals surface area contributed by atoms with E-state index in [1.165, 1.54) is 47.0 Å². The van der Waals surface area contributed by atoms with Crippen LogP contribution in [0, 0.1) is 0 Å². The molecule has 1 aliphatic carbocycles. The summed E-state index contributed by atoms with van der Waals surface area (Å²) >= 11 is 5.37. The smallest absolute Gasteiger partial charge is 0.0746 e. The molecule has 0 radical (unpaired) electrons. The third kappa shape index (κ3) is 2.05. The number of rotatable bonds is 2. The lowest BCUT2D eigenvalue weighted by atomic mass is 9.84. The fourth-order valence-electron chi connectivity index (χ4n) is 2.33. The molecule has 0 saturated heterocycles. The molecule has 0 spiro atoms. The van der Waals surface area contributed by atoms with Gasteiger partial charge in [-0.05, 0) is 51.2 Å². The molecule has 0 unspecified atom stereocenters. The SMILES string of the molecule is NCc1c(C2CCCCC2)csc1Br. The van der Waals surface area contributed by atoms with Gasteiger partial charge in [0.15, 0.2) is 0 Å². The topological polar surface area (TPSA) is 26.0 Å². The van der Waals surface area contributed by atoms with Crippen molar-refractivity contribution in [1.82, 2.24) is 0 Å². The van der Waals surface area contributed by atoms with Gasteiger partial charge in [0.05, 0.1) is 3.79 Å². The molecule has 1 heterocycles. The van der Waals surface area contributed by atoms with E-state index in [4.69, 9.17) is 5.73 Å². The average Bonchev–Trinajstić information content (AvgIpc) is 2.61. The lowest BCUT2D eigenvalue weighted by Crippen LogP contribution is -2.08. The van der Waals surface area contributed by atoms with Gasteiger partial charge >= 0.3 is 0 Å². The van der Waals surface area contributed by atoms with Crippen molar-refractivity contribution in [2.24, 2.45) is 5.73 Å². The van der Waals surface area contributed by atoms with Crippen LogP contribution in [0.25, 0.3) is 0 Å². The Balaban J connectivity index is 2.21. The minimum Gasteiger partial charge on any atom is -0.326 e. The highest BCUT2D eigenvalue weighted by Gasteiger charge is 2.20. The Morgan fingerprint density at radius 2 is 2.07 bits per heavy atom. The van der Waals surface area contributed by atoms with Gasteiger partial charge in [-0.3, -0.25) is 0 Å². The number of hydrogen-bond donors (Lipinski definition) is 1. The van der Waals surface area contributed by atoms with Crippen LogP contribution in [0.3, 0.4) is 0 Å². The van der Waals surface area contributed by atoms with E-state index < -0.39 is 0 Å². The Bertz CT molecular complexity index is 302. The second kappa shape index (κ2) is 4.77. The number of halogens is 1. The van der Waals surface area contributed by atoms with E-state index in [-0.39, 0.29) is 0 Å². The Labute approximate surface area is 97.8 Å². The largest absolute Gasteiger partial charge is 0.326 e. The fourth-order valence-corrected chi connectivity index (χ4v) is 3.91. The molecule has 1 aromatic heterocycles. The molecule has 0 bridgehead atoms. The first-order chi connectivity index (χ1) is 6.83. The van der Waals surface area contributed by atoms with E-state index in [0.29, 0.717) is 6.54 Å². The molecule has 0 aliphatic heterocycles. The third-order valence-corrected chi connectivity index (χ3v) is 4.99. The van der Waals surface area contributed by atoms with Crippen LogP contribution < -0.4 is 5.73 Å². The summed E-state index contributed by atoms with van der Waals surface area (Å²) in [5.41, 5.74) is 8.65. The number of thiophene rings is 1. The molecule has 1 saturated carbocycles. The Morgan fingerprint density at radius 1 is 1.36 bits per heavy atom. The van der Waals surface area contributed by atoms with Crippen LogP contribution in [0.5, 0.6) is 0 Å². The summed E-state index contributed by atoms with van der Waals surface area (Å²) in [4.78, 5) is 0. The maximum Gasteiger partial charge on any atom is 0.0746 e. The lowest BCUT2D eigenvalue weighted by molar-refractivity contribution is 0.442. The molecule has 1 nitrogen and oxygen atoms in total. The maximum absolute atomic E-state index is 5.78. The minimum atomic E-state index is 0.677. The zero-order chi connectivity index (χ0) is 9.97. The third-order valence-electron chi connectivity index (χ3n) is 3.12. The van der Waals surface area contributed by atoms with Crippen molar-refractivity contribution in [2.45, 2.75) is 44.6 Å². The second-order valence-electron chi connectivity index (χ2n) is 3.98. The predicted molar refractivity (Wildman–Crippen MR) is 65.7 cm³/mol. The molecule has 2 N–H and O–H groups in total. The molecule has 1 aliphatic rings. The zero-order valence-electron chi connectivity index (χ0n) is 8.26. The Morgan fingerprint density at radius 3 is 2.71 bits per heavy atom. The van der Waals surface area contributed by atoms with Gasteiger partial charge in [0.2, 0.25) is 0 Å². The molecule has 0 amide bonds. The summed E-state index contributed by atoms with van der Waals surface area (Å²) < 4.78 is 1.24. The zero-order valence-corrected chi connectivity index (χ0v) is 10.7. The normalized spacial score (nSPS) is 18.7. The van der Waals surface area contributed by atoms with Crippen molar-refractivity contribution in [3.05, 3.63) is 20.3 Å². The van der Waals surface area contributed by atoms with E-state index in [0.717, 1.165) is 5.92 Å². The standard InChI is InChI=1S/C11H16BrNS/c12-11-9(6-13)10(7-14-11)8-4-2-1-3-5-8/h7-8H,1-6,13H2. The molecule has 0 atom stereocenters. The molecular formula is C11H16BrNS. The monoisotopic (exact) mass is 273 g/mol. The van der Waals surface area contributed by atoms with Gasteiger partial charge in [0, 0.05) is 6.54 Å². The van der Waals surface area contributed by atoms with E-state index >= 15 is 0 Å². The molecule has 0 aromatic carbocycles.